The number of nitro groups is 1. The van der Waals surface area contributed by atoms with Crippen LogP contribution >= 0.6 is 0 Å². The number of pyridine rings is 1. The van der Waals surface area contributed by atoms with Crippen LogP contribution in [0.5, 0.6) is 0 Å². The van der Waals surface area contributed by atoms with E-state index in [-0.39, 0.29) is 10.6 Å². The van der Waals surface area contributed by atoms with E-state index in [0.29, 0.717) is 23.1 Å². The van der Waals surface area contributed by atoms with E-state index in [0.717, 1.165) is 25.0 Å². The fourth-order valence-corrected chi connectivity index (χ4v) is 2.56. The van der Waals surface area contributed by atoms with Gasteiger partial charge in [0.2, 0.25) is 0 Å². The summed E-state index contributed by atoms with van der Waals surface area (Å²) in [6, 6.07) is 0.427. The Balaban J connectivity index is 2.83. The quantitative estimate of drug-likeness (QED) is 0.615. The first kappa shape index (κ1) is 16.6. The van der Waals surface area contributed by atoms with Gasteiger partial charge in [-0.05, 0) is 46.1 Å². The fourth-order valence-electron chi connectivity index (χ4n) is 2.56. The van der Waals surface area contributed by atoms with Gasteiger partial charge in [0.25, 0.3) is 5.69 Å². The van der Waals surface area contributed by atoms with Crippen molar-refractivity contribution in [2.24, 2.45) is 5.92 Å². The largest absolute Gasteiger partial charge is 0.317 e. The molecule has 5 heteroatoms. The highest BCUT2D eigenvalue weighted by Gasteiger charge is 2.19. The Kier molecular flexibility index (Phi) is 6.07. The van der Waals surface area contributed by atoms with Gasteiger partial charge in [-0.15, -0.1) is 0 Å². The lowest BCUT2D eigenvalue weighted by atomic mass is 9.97. The summed E-state index contributed by atoms with van der Waals surface area (Å²) in [5.41, 5.74) is 2.38. The third kappa shape index (κ3) is 4.27. The van der Waals surface area contributed by atoms with E-state index in [1.165, 1.54) is 0 Å². The molecule has 0 saturated heterocycles. The maximum atomic E-state index is 11.1. The van der Waals surface area contributed by atoms with E-state index >= 15 is 0 Å². The van der Waals surface area contributed by atoms with E-state index in [1.807, 2.05) is 7.05 Å². The predicted molar refractivity (Wildman–Crippen MR) is 81.0 cm³/mol. The van der Waals surface area contributed by atoms with Crippen molar-refractivity contribution in [3.8, 4) is 0 Å². The van der Waals surface area contributed by atoms with Gasteiger partial charge >= 0.3 is 0 Å². The Morgan fingerprint density at radius 2 is 2.05 bits per heavy atom. The summed E-state index contributed by atoms with van der Waals surface area (Å²) in [5.74, 6) is 0.633. The van der Waals surface area contributed by atoms with E-state index in [2.05, 4.69) is 24.1 Å². The zero-order valence-corrected chi connectivity index (χ0v) is 13.1. The lowest BCUT2D eigenvalue weighted by Gasteiger charge is -2.18. The first-order valence-corrected chi connectivity index (χ1v) is 7.13. The Morgan fingerprint density at radius 3 is 2.55 bits per heavy atom. The maximum absolute atomic E-state index is 11.1. The van der Waals surface area contributed by atoms with Gasteiger partial charge in [0.15, 0.2) is 0 Å². The van der Waals surface area contributed by atoms with Gasteiger partial charge in [-0.1, -0.05) is 13.8 Å². The molecule has 20 heavy (non-hydrogen) atoms. The molecule has 0 bridgehead atoms. The van der Waals surface area contributed by atoms with Crippen molar-refractivity contribution < 1.29 is 4.92 Å². The number of aryl methyl sites for hydroxylation is 2. The summed E-state index contributed by atoms with van der Waals surface area (Å²) < 4.78 is 0. The van der Waals surface area contributed by atoms with Crippen molar-refractivity contribution in [1.29, 1.82) is 0 Å². The van der Waals surface area contributed by atoms with Crippen LogP contribution in [-0.2, 0) is 6.42 Å². The summed E-state index contributed by atoms with van der Waals surface area (Å²) in [7, 11) is 1.96. The van der Waals surface area contributed by atoms with Gasteiger partial charge in [0.05, 0.1) is 10.6 Å². The molecule has 1 rings (SSSR count). The summed E-state index contributed by atoms with van der Waals surface area (Å²) in [6.07, 6.45) is 4.43. The van der Waals surface area contributed by atoms with Crippen molar-refractivity contribution in [1.82, 2.24) is 10.3 Å². The minimum absolute atomic E-state index is 0.208. The third-order valence-electron chi connectivity index (χ3n) is 3.65. The molecule has 0 saturated carbocycles. The second-order valence-electron chi connectivity index (χ2n) is 5.77. The molecule has 0 aromatic carbocycles. The first-order valence-electron chi connectivity index (χ1n) is 7.13. The Morgan fingerprint density at radius 1 is 1.40 bits per heavy atom. The second-order valence-corrected chi connectivity index (χ2v) is 5.77. The van der Waals surface area contributed by atoms with Crippen LogP contribution in [0.2, 0.25) is 0 Å². The first-order chi connectivity index (χ1) is 9.36. The Hall–Kier alpha value is -1.49. The summed E-state index contributed by atoms with van der Waals surface area (Å²) in [6.45, 7) is 7.93. The van der Waals surface area contributed by atoms with E-state index in [4.69, 9.17) is 0 Å². The molecule has 5 nitrogen and oxygen atoms in total. The molecule has 0 spiro atoms. The second kappa shape index (κ2) is 7.33. The van der Waals surface area contributed by atoms with Gasteiger partial charge in [0, 0.05) is 23.4 Å². The highest BCUT2D eigenvalue weighted by atomic mass is 16.6. The summed E-state index contributed by atoms with van der Waals surface area (Å²) in [4.78, 5) is 15.2. The van der Waals surface area contributed by atoms with Crippen LogP contribution in [0.15, 0.2) is 6.20 Å². The van der Waals surface area contributed by atoms with Gasteiger partial charge < -0.3 is 5.32 Å². The standard InChI is InChI=1S/C15H25N3O2/c1-10(2)8-13(16-5)6-7-14-12(4)15(18(19)20)11(3)9-17-14/h9-10,13,16H,6-8H2,1-5H3. The van der Waals surface area contributed by atoms with Crippen LogP contribution in [0.1, 0.15) is 43.5 Å². The van der Waals surface area contributed by atoms with Gasteiger partial charge in [-0.2, -0.15) is 0 Å². The maximum Gasteiger partial charge on any atom is 0.278 e. The van der Waals surface area contributed by atoms with Crippen molar-refractivity contribution in [2.75, 3.05) is 7.05 Å². The topological polar surface area (TPSA) is 68.1 Å². The number of rotatable bonds is 7. The number of nitrogens with zero attached hydrogens (tertiary/aromatic N) is 2. The van der Waals surface area contributed by atoms with E-state index in [9.17, 15) is 10.1 Å². The normalized spacial score (nSPS) is 12.7. The number of hydrogen-bond donors (Lipinski definition) is 1. The third-order valence-corrected chi connectivity index (χ3v) is 3.65. The zero-order valence-electron chi connectivity index (χ0n) is 13.1. The molecule has 0 aliphatic heterocycles. The highest BCUT2D eigenvalue weighted by Crippen LogP contribution is 2.25. The molecular weight excluding hydrogens is 254 g/mol. The molecule has 0 radical (unpaired) electrons. The van der Waals surface area contributed by atoms with Crippen LogP contribution in [0.3, 0.4) is 0 Å². The molecule has 0 amide bonds. The van der Waals surface area contributed by atoms with Gasteiger partial charge in [0.1, 0.15) is 0 Å². The van der Waals surface area contributed by atoms with Crippen molar-refractivity contribution >= 4 is 5.69 Å². The van der Waals surface area contributed by atoms with Crippen LogP contribution in [0, 0.1) is 29.9 Å². The summed E-state index contributed by atoms with van der Waals surface area (Å²) >= 11 is 0. The molecule has 1 aromatic rings. The molecule has 0 aliphatic rings. The minimum atomic E-state index is -0.306. The molecule has 1 atom stereocenters. The molecular formula is C15H25N3O2. The molecule has 0 aliphatic carbocycles. The predicted octanol–water partition coefficient (Wildman–Crippen LogP) is 3.17. The number of hydrogen-bond acceptors (Lipinski definition) is 4. The Labute approximate surface area is 121 Å². The average Bonchev–Trinajstić information content (AvgIpc) is 2.35. The van der Waals surface area contributed by atoms with Crippen molar-refractivity contribution in [2.45, 2.75) is 53.0 Å². The SMILES string of the molecule is CNC(CCc1ncc(C)c([N+](=O)[O-])c1C)CC(C)C. The molecule has 1 aromatic heterocycles. The van der Waals surface area contributed by atoms with Crippen molar-refractivity contribution in [3.05, 3.63) is 33.1 Å². The molecule has 1 heterocycles. The number of aromatic nitrogens is 1. The van der Waals surface area contributed by atoms with E-state index in [1.54, 1.807) is 20.0 Å². The van der Waals surface area contributed by atoms with E-state index < -0.39 is 0 Å². The minimum Gasteiger partial charge on any atom is -0.317 e. The lowest BCUT2D eigenvalue weighted by molar-refractivity contribution is -0.386. The smallest absolute Gasteiger partial charge is 0.278 e. The van der Waals surface area contributed by atoms with Gasteiger partial charge in [-0.25, -0.2) is 0 Å². The number of nitrogens with one attached hydrogen (secondary N) is 1. The Bertz CT molecular complexity index is 472. The molecule has 112 valence electrons. The molecule has 1 N–H and O–H groups in total. The summed E-state index contributed by atoms with van der Waals surface area (Å²) in [5, 5.41) is 14.4. The zero-order chi connectivity index (χ0) is 15.3. The van der Waals surface area contributed by atoms with Crippen LogP contribution in [-0.4, -0.2) is 23.0 Å². The van der Waals surface area contributed by atoms with Crippen LogP contribution < -0.4 is 5.32 Å². The van der Waals surface area contributed by atoms with Gasteiger partial charge in [-0.3, -0.25) is 15.1 Å². The fraction of sp³-hybridized carbons (Fsp3) is 0.667. The van der Waals surface area contributed by atoms with Crippen LogP contribution in [0.4, 0.5) is 5.69 Å². The van der Waals surface area contributed by atoms with Crippen molar-refractivity contribution in [3.63, 3.8) is 0 Å². The molecule has 0 fully saturated rings. The highest BCUT2D eigenvalue weighted by molar-refractivity contribution is 5.47. The monoisotopic (exact) mass is 279 g/mol. The molecule has 1 unspecified atom stereocenters. The van der Waals surface area contributed by atoms with Crippen LogP contribution in [0.25, 0.3) is 0 Å². The lowest BCUT2D eigenvalue weighted by Crippen LogP contribution is -2.27. The average molecular weight is 279 g/mol.